The first-order chi connectivity index (χ1) is 28.7. The van der Waals surface area contributed by atoms with Crippen LogP contribution >= 0.6 is 0 Å². The molecule has 0 saturated carbocycles. The monoisotopic (exact) mass is 742 g/mol. The molecule has 0 unspecified atom stereocenters. The zero-order valence-corrected chi connectivity index (χ0v) is 31.8. The largest absolute Gasteiger partial charge is 0.456 e. The summed E-state index contributed by atoms with van der Waals surface area (Å²) in [5, 5.41) is 4.67. The Bertz CT molecular complexity index is 3290. The van der Waals surface area contributed by atoms with Crippen LogP contribution in [0.15, 0.2) is 217 Å². The van der Waals surface area contributed by atoms with Crippen molar-refractivity contribution in [2.75, 3.05) is 11.4 Å². The van der Waals surface area contributed by atoms with Gasteiger partial charge < -0.3 is 13.9 Å². The lowest BCUT2D eigenvalue weighted by Gasteiger charge is -2.26. The molecule has 10 aromatic rings. The van der Waals surface area contributed by atoms with E-state index in [-0.39, 0.29) is 0 Å². The van der Waals surface area contributed by atoms with Gasteiger partial charge in [-0.05, 0) is 112 Å². The number of para-hydroxylation sites is 3. The fraction of sp³-hybridized carbons (Fsp3) is 0.0182. The van der Waals surface area contributed by atoms with Gasteiger partial charge in [0.25, 0.3) is 0 Å². The first kappa shape index (κ1) is 33.7. The maximum atomic E-state index is 6.18. The molecule has 8 aromatic carbocycles. The van der Waals surface area contributed by atoms with E-state index in [0.717, 1.165) is 66.8 Å². The molecule has 1 aliphatic heterocycles. The van der Waals surface area contributed by atoms with Gasteiger partial charge in [-0.25, -0.2) is 0 Å². The van der Waals surface area contributed by atoms with Gasteiger partial charge >= 0.3 is 0 Å². The summed E-state index contributed by atoms with van der Waals surface area (Å²) >= 11 is 0. The third-order valence-corrected chi connectivity index (χ3v) is 11.5. The molecule has 0 amide bonds. The van der Waals surface area contributed by atoms with Crippen molar-refractivity contribution in [2.24, 2.45) is 0 Å². The second-order valence-electron chi connectivity index (χ2n) is 15.0. The second kappa shape index (κ2) is 13.8. The lowest BCUT2D eigenvalue weighted by atomic mass is 9.97. The Balaban J connectivity index is 0.978. The molecule has 274 valence electrons. The normalized spacial score (nSPS) is 14.6. The van der Waals surface area contributed by atoms with Crippen LogP contribution in [0.25, 0.3) is 82.8 Å². The fourth-order valence-electron chi connectivity index (χ4n) is 8.75. The molecule has 2 aromatic heterocycles. The number of nitrogens with zero attached hydrogens (tertiary/aromatic N) is 2. The van der Waals surface area contributed by atoms with Crippen LogP contribution in [0.1, 0.15) is 11.1 Å². The van der Waals surface area contributed by atoms with Gasteiger partial charge in [-0.1, -0.05) is 140 Å². The molecular weight excluding hydrogens is 705 g/mol. The van der Waals surface area contributed by atoms with Gasteiger partial charge in [0.05, 0.1) is 11.0 Å². The summed E-state index contributed by atoms with van der Waals surface area (Å²) in [6.07, 6.45) is 6.78. The molecule has 1 aliphatic rings. The highest BCUT2D eigenvalue weighted by atomic mass is 16.3. The molecule has 0 radical (unpaired) electrons. The third-order valence-electron chi connectivity index (χ3n) is 11.5. The van der Waals surface area contributed by atoms with Gasteiger partial charge in [0.2, 0.25) is 0 Å². The first-order valence-corrected chi connectivity index (χ1v) is 19.8. The molecule has 3 nitrogen and oxygen atoms in total. The highest BCUT2D eigenvalue weighted by Gasteiger charge is 2.19. The Morgan fingerprint density at radius 2 is 1.14 bits per heavy atom. The van der Waals surface area contributed by atoms with Crippen LogP contribution in [0.3, 0.4) is 0 Å². The summed E-state index contributed by atoms with van der Waals surface area (Å²) in [5.74, 6) is 0. The summed E-state index contributed by atoms with van der Waals surface area (Å²) in [7, 11) is 0. The van der Waals surface area contributed by atoms with E-state index < -0.39 is 0 Å². The fourth-order valence-corrected chi connectivity index (χ4v) is 8.75. The Hall–Kier alpha value is -7.62. The molecular formula is C55H38N2O. The van der Waals surface area contributed by atoms with E-state index in [1.807, 2.05) is 12.1 Å². The minimum absolute atomic E-state index is 0.696. The highest BCUT2D eigenvalue weighted by Crippen LogP contribution is 2.40. The Morgan fingerprint density at radius 1 is 0.448 bits per heavy atom. The maximum absolute atomic E-state index is 6.18. The van der Waals surface area contributed by atoms with E-state index in [0.29, 0.717) is 6.54 Å². The standard InChI is InChI=1S/C55H38N2O/c1-37-32-39(43-27-29-53-49(35-43)47-22-6-9-25-52(47)57(53)45-28-30-55-50(36-45)48-23-7-10-26-54(48)58-55)19-13-31-56(51-24-8-5-21-46(37)51)44-20-12-18-42(34-44)41-17-11-16-40(33-41)38-14-3-2-4-15-38/h2-30,32-36H,1,31H2/b19-13-,39-32+. The van der Waals surface area contributed by atoms with E-state index in [1.54, 1.807) is 0 Å². The number of fused-ring (bicyclic) bond motifs is 7. The van der Waals surface area contributed by atoms with Crippen molar-refractivity contribution in [1.82, 2.24) is 4.57 Å². The summed E-state index contributed by atoms with van der Waals surface area (Å²) in [4.78, 5) is 2.40. The van der Waals surface area contributed by atoms with E-state index in [4.69, 9.17) is 4.42 Å². The molecule has 0 fully saturated rings. The van der Waals surface area contributed by atoms with Gasteiger partial charge in [0.15, 0.2) is 0 Å². The number of anilines is 2. The molecule has 0 spiro atoms. The maximum Gasteiger partial charge on any atom is 0.135 e. The number of furan rings is 1. The Kier molecular flexibility index (Phi) is 8.04. The smallest absolute Gasteiger partial charge is 0.135 e. The quantitative estimate of drug-likeness (QED) is 0.175. The number of allylic oxidation sites excluding steroid dienone is 4. The van der Waals surface area contributed by atoms with Gasteiger partial charge in [-0.2, -0.15) is 0 Å². The second-order valence-corrected chi connectivity index (χ2v) is 15.0. The van der Waals surface area contributed by atoms with Crippen LogP contribution in [0.4, 0.5) is 11.4 Å². The lowest BCUT2D eigenvalue weighted by molar-refractivity contribution is 0.669. The summed E-state index contributed by atoms with van der Waals surface area (Å²) in [5.41, 5.74) is 16.7. The summed E-state index contributed by atoms with van der Waals surface area (Å²) < 4.78 is 8.56. The van der Waals surface area contributed by atoms with Crippen LogP contribution < -0.4 is 4.90 Å². The van der Waals surface area contributed by atoms with Crippen molar-refractivity contribution in [1.29, 1.82) is 0 Å². The minimum atomic E-state index is 0.696. The molecule has 0 N–H and O–H groups in total. The third kappa shape index (κ3) is 5.75. The average molecular weight is 743 g/mol. The topological polar surface area (TPSA) is 21.3 Å². The predicted molar refractivity (Wildman–Crippen MR) is 245 cm³/mol. The Labute approximate surface area is 337 Å². The van der Waals surface area contributed by atoms with E-state index >= 15 is 0 Å². The van der Waals surface area contributed by atoms with Crippen molar-refractivity contribution >= 4 is 66.3 Å². The van der Waals surface area contributed by atoms with Gasteiger partial charge in [-0.15, -0.1) is 0 Å². The SMILES string of the molecule is C=C1/C=C(c2ccc3c(c2)c2ccccc2n3-c2ccc3oc4ccccc4c3c2)\C=C/CN(c2cccc(-c3cccc(-c4ccccc4)c3)c2)c2ccccc21. The molecule has 0 bridgehead atoms. The molecule has 3 heterocycles. The van der Waals surface area contributed by atoms with Crippen molar-refractivity contribution in [2.45, 2.75) is 0 Å². The van der Waals surface area contributed by atoms with Gasteiger partial charge in [-0.3, -0.25) is 0 Å². The zero-order chi connectivity index (χ0) is 38.6. The highest BCUT2D eigenvalue weighted by molar-refractivity contribution is 6.11. The van der Waals surface area contributed by atoms with Crippen molar-refractivity contribution in [3.05, 3.63) is 224 Å². The zero-order valence-electron chi connectivity index (χ0n) is 31.8. The number of hydrogen-bond acceptors (Lipinski definition) is 2. The number of benzene rings is 8. The molecule has 3 heteroatoms. The van der Waals surface area contributed by atoms with Crippen LogP contribution in [-0.4, -0.2) is 11.1 Å². The molecule has 58 heavy (non-hydrogen) atoms. The lowest BCUT2D eigenvalue weighted by Crippen LogP contribution is -2.18. The molecule has 11 rings (SSSR count). The predicted octanol–water partition coefficient (Wildman–Crippen LogP) is 14.8. The summed E-state index contributed by atoms with van der Waals surface area (Å²) in [6.45, 7) is 5.35. The number of hydrogen-bond donors (Lipinski definition) is 0. The molecule has 0 atom stereocenters. The van der Waals surface area contributed by atoms with Crippen LogP contribution in [0, 0.1) is 0 Å². The van der Waals surface area contributed by atoms with E-state index in [1.165, 1.54) is 38.5 Å². The van der Waals surface area contributed by atoms with Crippen molar-refractivity contribution in [3.63, 3.8) is 0 Å². The summed E-state index contributed by atoms with van der Waals surface area (Å²) in [6, 6.07) is 67.3. The van der Waals surface area contributed by atoms with E-state index in [9.17, 15) is 0 Å². The van der Waals surface area contributed by atoms with E-state index in [2.05, 4.69) is 210 Å². The van der Waals surface area contributed by atoms with Crippen molar-refractivity contribution < 1.29 is 4.42 Å². The van der Waals surface area contributed by atoms with Gasteiger partial charge in [0, 0.05) is 50.7 Å². The number of aromatic nitrogens is 1. The molecule has 0 aliphatic carbocycles. The van der Waals surface area contributed by atoms with Crippen LogP contribution in [0.5, 0.6) is 0 Å². The van der Waals surface area contributed by atoms with Crippen molar-refractivity contribution in [3.8, 4) is 27.9 Å². The molecule has 0 saturated heterocycles. The average Bonchev–Trinajstić information content (AvgIpc) is 3.84. The first-order valence-electron chi connectivity index (χ1n) is 19.8. The number of rotatable bonds is 5. The minimum Gasteiger partial charge on any atom is -0.456 e. The Morgan fingerprint density at radius 3 is 2.03 bits per heavy atom. The van der Waals surface area contributed by atoms with Crippen LogP contribution in [0.2, 0.25) is 0 Å². The van der Waals surface area contributed by atoms with Crippen LogP contribution in [-0.2, 0) is 0 Å². The van der Waals surface area contributed by atoms with Gasteiger partial charge in [0.1, 0.15) is 11.2 Å².